The van der Waals surface area contributed by atoms with Crippen molar-refractivity contribution in [1.29, 1.82) is 0 Å². The molecule has 0 spiro atoms. The minimum Gasteiger partial charge on any atom is -0.348 e. The fraction of sp³-hybridized carbons (Fsp3) is 0.429. The van der Waals surface area contributed by atoms with Gasteiger partial charge in [0, 0.05) is 5.02 Å². The van der Waals surface area contributed by atoms with E-state index < -0.39 is 6.04 Å². The van der Waals surface area contributed by atoms with Gasteiger partial charge in [0.1, 0.15) is 5.82 Å². The van der Waals surface area contributed by atoms with Crippen molar-refractivity contribution >= 4 is 53.4 Å². The molecule has 0 fully saturated rings. The number of halogens is 3. The zero-order chi connectivity index (χ0) is 14.7. The van der Waals surface area contributed by atoms with Gasteiger partial charge in [0.25, 0.3) is 0 Å². The number of rotatable bonds is 5. The predicted octanol–water partition coefficient (Wildman–Crippen LogP) is 3.05. The van der Waals surface area contributed by atoms with Gasteiger partial charge in [-0.1, -0.05) is 31.9 Å². The number of aromatic nitrogens is 2. The van der Waals surface area contributed by atoms with Gasteiger partial charge in [-0.15, -0.1) is 24.8 Å². The molecule has 1 amide bonds. The van der Waals surface area contributed by atoms with Crippen molar-refractivity contribution in [3.8, 4) is 0 Å². The number of imidazole rings is 1. The Hall–Kier alpha value is -1.01. The molecular formula is C14H21Cl3N4O. The van der Waals surface area contributed by atoms with E-state index in [4.69, 9.17) is 17.3 Å². The Morgan fingerprint density at radius 3 is 2.77 bits per heavy atom. The number of carbonyl (C=O) groups excluding carboxylic acids is 1. The van der Waals surface area contributed by atoms with Gasteiger partial charge in [-0.05, 0) is 24.1 Å². The molecule has 1 heterocycles. The molecule has 4 N–H and O–H groups in total. The highest BCUT2D eigenvalue weighted by molar-refractivity contribution is 6.31. The van der Waals surface area contributed by atoms with Crippen molar-refractivity contribution in [3.63, 3.8) is 0 Å². The molecule has 0 saturated heterocycles. The maximum atomic E-state index is 11.9. The molecule has 0 aliphatic carbocycles. The smallest absolute Gasteiger partial charge is 0.237 e. The maximum Gasteiger partial charge on any atom is 0.237 e. The van der Waals surface area contributed by atoms with Gasteiger partial charge < -0.3 is 16.0 Å². The van der Waals surface area contributed by atoms with Crippen LogP contribution in [-0.4, -0.2) is 21.9 Å². The zero-order valence-corrected chi connectivity index (χ0v) is 14.8. The van der Waals surface area contributed by atoms with Gasteiger partial charge in [-0.25, -0.2) is 4.98 Å². The monoisotopic (exact) mass is 366 g/mol. The standard InChI is InChI=1S/C14H19ClN4O.2ClH/c1-3-8(2)13(16)14(20)17-7-12-18-10-5-4-9(15)6-11(10)19-12;;/h4-6,8,13H,3,7,16H2,1-2H3,(H,17,20)(H,18,19);2*1H/t8-,13-;;/m0../s1. The van der Waals surface area contributed by atoms with Crippen molar-refractivity contribution in [2.45, 2.75) is 32.9 Å². The van der Waals surface area contributed by atoms with E-state index in [9.17, 15) is 4.79 Å². The Bertz CT molecular complexity index is 617. The number of benzene rings is 1. The van der Waals surface area contributed by atoms with Crippen molar-refractivity contribution in [2.24, 2.45) is 11.7 Å². The fourth-order valence-corrected chi connectivity index (χ4v) is 2.09. The molecule has 2 atom stereocenters. The van der Waals surface area contributed by atoms with Gasteiger partial charge in [-0.2, -0.15) is 0 Å². The first-order chi connectivity index (χ1) is 9.51. The van der Waals surface area contributed by atoms with Crippen LogP contribution in [0.1, 0.15) is 26.1 Å². The van der Waals surface area contributed by atoms with Gasteiger partial charge in [-0.3, -0.25) is 4.79 Å². The second kappa shape index (κ2) is 9.20. The lowest BCUT2D eigenvalue weighted by Gasteiger charge is -2.17. The molecule has 124 valence electrons. The van der Waals surface area contributed by atoms with Gasteiger partial charge >= 0.3 is 0 Å². The Balaban J connectivity index is 0.00000220. The molecule has 0 aliphatic rings. The summed E-state index contributed by atoms with van der Waals surface area (Å²) in [6.07, 6.45) is 0.873. The number of hydrogen-bond acceptors (Lipinski definition) is 3. The molecule has 1 aromatic carbocycles. The number of nitrogens with one attached hydrogen (secondary N) is 2. The molecule has 8 heteroatoms. The summed E-state index contributed by atoms with van der Waals surface area (Å²) < 4.78 is 0. The van der Waals surface area contributed by atoms with Crippen LogP contribution in [0.4, 0.5) is 0 Å². The molecular weight excluding hydrogens is 347 g/mol. The average molecular weight is 368 g/mol. The molecule has 0 radical (unpaired) electrons. The molecule has 0 aliphatic heterocycles. The quantitative estimate of drug-likeness (QED) is 0.759. The minimum atomic E-state index is -0.487. The highest BCUT2D eigenvalue weighted by Crippen LogP contribution is 2.17. The summed E-state index contributed by atoms with van der Waals surface area (Å²) >= 11 is 5.91. The largest absolute Gasteiger partial charge is 0.348 e. The zero-order valence-electron chi connectivity index (χ0n) is 12.4. The fourth-order valence-electron chi connectivity index (χ4n) is 1.92. The molecule has 0 bridgehead atoms. The number of H-pyrrole nitrogens is 1. The third-order valence-corrected chi connectivity index (χ3v) is 3.72. The van der Waals surface area contributed by atoms with E-state index >= 15 is 0 Å². The van der Waals surface area contributed by atoms with Gasteiger partial charge in [0.15, 0.2) is 0 Å². The van der Waals surface area contributed by atoms with E-state index in [1.807, 2.05) is 19.9 Å². The molecule has 0 saturated carbocycles. The van der Waals surface area contributed by atoms with Crippen LogP contribution in [0.5, 0.6) is 0 Å². The number of fused-ring (bicyclic) bond motifs is 1. The first kappa shape index (κ1) is 21.0. The number of nitrogens with zero attached hydrogens (tertiary/aromatic N) is 1. The SMILES string of the molecule is CC[C@H](C)[C@H](N)C(=O)NCc1nc2ccc(Cl)cc2[nH]1.Cl.Cl. The van der Waals surface area contributed by atoms with E-state index in [0.29, 0.717) is 17.4 Å². The number of amides is 1. The Labute approximate surface area is 147 Å². The van der Waals surface area contributed by atoms with Crippen LogP contribution in [0.25, 0.3) is 11.0 Å². The molecule has 5 nitrogen and oxygen atoms in total. The van der Waals surface area contributed by atoms with Crippen LogP contribution in [0, 0.1) is 5.92 Å². The first-order valence-electron chi connectivity index (χ1n) is 6.68. The number of hydrogen-bond donors (Lipinski definition) is 3. The van der Waals surface area contributed by atoms with Gasteiger partial charge in [0.05, 0.1) is 23.6 Å². The Morgan fingerprint density at radius 1 is 1.45 bits per heavy atom. The molecule has 0 unspecified atom stereocenters. The molecule has 2 rings (SSSR count). The summed E-state index contributed by atoms with van der Waals surface area (Å²) in [5, 5.41) is 3.45. The molecule has 1 aromatic heterocycles. The maximum absolute atomic E-state index is 11.9. The Morgan fingerprint density at radius 2 is 2.14 bits per heavy atom. The summed E-state index contributed by atoms with van der Waals surface area (Å²) in [7, 11) is 0. The molecule has 2 aromatic rings. The number of nitrogens with two attached hydrogens (primary N) is 1. The summed E-state index contributed by atoms with van der Waals surface area (Å²) in [6, 6.07) is 4.94. The van der Waals surface area contributed by atoms with Crippen molar-refractivity contribution in [1.82, 2.24) is 15.3 Å². The van der Waals surface area contributed by atoms with Crippen LogP contribution in [0.15, 0.2) is 18.2 Å². The highest BCUT2D eigenvalue weighted by atomic mass is 35.5. The van der Waals surface area contributed by atoms with Crippen molar-refractivity contribution < 1.29 is 4.79 Å². The van der Waals surface area contributed by atoms with Crippen LogP contribution in [-0.2, 0) is 11.3 Å². The summed E-state index contributed by atoms with van der Waals surface area (Å²) in [5.41, 5.74) is 7.55. The van der Waals surface area contributed by atoms with E-state index in [-0.39, 0.29) is 36.6 Å². The first-order valence-corrected chi connectivity index (χ1v) is 7.06. The van der Waals surface area contributed by atoms with Crippen molar-refractivity contribution in [3.05, 3.63) is 29.0 Å². The second-order valence-electron chi connectivity index (χ2n) is 4.97. The lowest BCUT2D eigenvalue weighted by molar-refractivity contribution is -0.123. The predicted molar refractivity (Wildman–Crippen MR) is 94.9 cm³/mol. The number of aromatic amines is 1. The second-order valence-corrected chi connectivity index (χ2v) is 5.41. The summed E-state index contributed by atoms with van der Waals surface area (Å²) in [6.45, 7) is 4.31. The Kier molecular flexibility index (Phi) is 8.78. The van der Waals surface area contributed by atoms with Crippen LogP contribution in [0.3, 0.4) is 0 Å². The van der Waals surface area contributed by atoms with E-state index in [1.165, 1.54) is 0 Å². The minimum absolute atomic E-state index is 0. The topological polar surface area (TPSA) is 83.8 Å². The number of carbonyl (C=O) groups is 1. The third kappa shape index (κ3) is 5.02. The van der Waals surface area contributed by atoms with E-state index in [2.05, 4.69) is 15.3 Å². The highest BCUT2D eigenvalue weighted by Gasteiger charge is 2.19. The van der Waals surface area contributed by atoms with Gasteiger partial charge in [0.2, 0.25) is 5.91 Å². The van der Waals surface area contributed by atoms with E-state index in [0.717, 1.165) is 17.5 Å². The average Bonchev–Trinajstić information content (AvgIpc) is 2.84. The summed E-state index contributed by atoms with van der Waals surface area (Å²) in [4.78, 5) is 19.4. The lowest BCUT2D eigenvalue weighted by atomic mass is 9.99. The van der Waals surface area contributed by atoms with Crippen LogP contribution in [0.2, 0.25) is 5.02 Å². The normalized spacial score (nSPS) is 12.9. The van der Waals surface area contributed by atoms with Crippen molar-refractivity contribution in [2.75, 3.05) is 0 Å². The third-order valence-electron chi connectivity index (χ3n) is 3.48. The van der Waals surface area contributed by atoms with E-state index in [1.54, 1.807) is 12.1 Å². The molecule has 22 heavy (non-hydrogen) atoms. The van der Waals surface area contributed by atoms with Crippen LogP contribution < -0.4 is 11.1 Å². The van der Waals surface area contributed by atoms with Crippen LogP contribution >= 0.6 is 36.4 Å². The summed E-state index contributed by atoms with van der Waals surface area (Å²) in [5.74, 6) is 0.689. The lowest BCUT2D eigenvalue weighted by Crippen LogP contribution is -2.44.